The quantitative estimate of drug-likeness (QED) is 0.838. The Morgan fingerprint density at radius 1 is 1.37 bits per heavy atom. The Bertz CT molecular complexity index is 712. The fourth-order valence-electron chi connectivity index (χ4n) is 1.70. The lowest BCUT2D eigenvalue weighted by atomic mass is 10.1. The van der Waals surface area contributed by atoms with Crippen LogP contribution >= 0.6 is 39.0 Å². The van der Waals surface area contributed by atoms with E-state index in [1.54, 1.807) is 23.5 Å². The molecule has 2 heterocycles. The Morgan fingerprint density at radius 3 is 2.84 bits per heavy atom. The average molecular weight is 355 g/mol. The van der Waals surface area contributed by atoms with Crippen molar-refractivity contribution in [1.82, 2.24) is 4.98 Å². The smallest absolute Gasteiger partial charge is 0.296 e. The van der Waals surface area contributed by atoms with Gasteiger partial charge in [0.15, 0.2) is 4.34 Å². The lowest BCUT2D eigenvalue weighted by Gasteiger charge is -2.04. The number of aromatic nitrogens is 1. The van der Waals surface area contributed by atoms with E-state index in [9.17, 15) is 9.59 Å². The van der Waals surface area contributed by atoms with Crippen LogP contribution in [-0.4, -0.2) is 16.7 Å². The summed E-state index contributed by atoms with van der Waals surface area (Å²) >= 11 is 6.49. The van der Waals surface area contributed by atoms with E-state index in [0.29, 0.717) is 11.3 Å². The number of aryl methyl sites for hydroxylation is 1. The number of amides is 1. The highest BCUT2D eigenvalue weighted by Crippen LogP contribution is 2.39. The Labute approximate surface area is 125 Å². The van der Waals surface area contributed by atoms with E-state index in [4.69, 9.17) is 0 Å². The first-order valence-electron chi connectivity index (χ1n) is 5.34. The summed E-state index contributed by atoms with van der Waals surface area (Å²) in [6.45, 7) is 1.94. The molecule has 1 N–H and O–H groups in total. The second-order valence-electron chi connectivity index (χ2n) is 3.97. The highest BCUT2D eigenvalue weighted by Gasteiger charge is 2.29. The predicted molar refractivity (Wildman–Crippen MR) is 78.1 cm³/mol. The normalized spacial score (nSPS) is 13.6. The molecule has 1 amide bonds. The number of thiazole rings is 1. The molecule has 7 heteroatoms. The maximum Gasteiger partial charge on any atom is 0.296 e. The van der Waals surface area contributed by atoms with E-state index in [0.717, 1.165) is 19.4 Å². The lowest BCUT2D eigenvalue weighted by molar-refractivity contribution is -0.112. The van der Waals surface area contributed by atoms with Crippen LogP contribution in [0.5, 0.6) is 0 Å². The zero-order chi connectivity index (χ0) is 13.6. The summed E-state index contributed by atoms with van der Waals surface area (Å²) in [6, 6.07) is 3.47. The van der Waals surface area contributed by atoms with Crippen LogP contribution in [-0.2, 0) is 4.79 Å². The van der Waals surface area contributed by atoms with Gasteiger partial charge in [-0.25, -0.2) is 4.98 Å². The molecule has 0 aliphatic carbocycles. The van der Waals surface area contributed by atoms with Crippen LogP contribution in [0.15, 0.2) is 31.2 Å². The van der Waals surface area contributed by atoms with Gasteiger partial charge in [-0.3, -0.25) is 9.59 Å². The summed E-state index contributed by atoms with van der Waals surface area (Å²) in [5.41, 5.74) is 1.96. The molecule has 96 valence electrons. The van der Waals surface area contributed by atoms with Gasteiger partial charge in [-0.15, -0.1) is 11.3 Å². The Morgan fingerprint density at radius 2 is 2.16 bits per heavy atom. The van der Waals surface area contributed by atoms with E-state index >= 15 is 0 Å². The second-order valence-corrected chi connectivity index (χ2v) is 6.97. The van der Waals surface area contributed by atoms with Crippen molar-refractivity contribution in [3.63, 3.8) is 0 Å². The molecule has 0 atom stereocenters. The number of hydrogen-bond donors (Lipinski definition) is 1. The molecule has 0 bridgehead atoms. The minimum atomic E-state index is -0.575. The van der Waals surface area contributed by atoms with Crippen molar-refractivity contribution in [2.75, 3.05) is 5.32 Å². The molecule has 0 radical (unpaired) electrons. The van der Waals surface area contributed by atoms with Gasteiger partial charge in [0.05, 0.1) is 11.3 Å². The fourth-order valence-corrected chi connectivity index (χ4v) is 4.12. The number of anilines is 1. The molecule has 0 saturated heterocycles. The van der Waals surface area contributed by atoms with Gasteiger partial charge in [-0.2, -0.15) is 0 Å². The van der Waals surface area contributed by atoms with Crippen LogP contribution in [0.3, 0.4) is 0 Å². The van der Waals surface area contributed by atoms with Gasteiger partial charge in [-0.05, 0) is 35.0 Å². The molecule has 0 fully saturated rings. The van der Waals surface area contributed by atoms with Crippen LogP contribution < -0.4 is 5.32 Å². The van der Waals surface area contributed by atoms with Gasteiger partial charge in [-0.1, -0.05) is 11.8 Å². The maximum atomic E-state index is 11.6. The number of benzene rings is 1. The van der Waals surface area contributed by atoms with E-state index in [-0.39, 0.29) is 0 Å². The third-order valence-electron chi connectivity index (χ3n) is 2.57. The molecule has 0 spiro atoms. The number of carbonyl (C=O) groups is 2. The molecule has 1 aromatic carbocycles. The minimum absolute atomic E-state index is 0.413. The van der Waals surface area contributed by atoms with Crippen LogP contribution in [0.1, 0.15) is 16.1 Å². The van der Waals surface area contributed by atoms with Gasteiger partial charge < -0.3 is 5.32 Å². The number of halogens is 1. The number of nitrogens with zero attached hydrogens (tertiary/aromatic N) is 1. The van der Waals surface area contributed by atoms with E-state index in [2.05, 4.69) is 26.2 Å². The van der Waals surface area contributed by atoms with Gasteiger partial charge >= 0.3 is 0 Å². The zero-order valence-electron chi connectivity index (χ0n) is 9.69. The molecular weight excluding hydrogens is 348 g/mol. The summed E-state index contributed by atoms with van der Waals surface area (Å²) in [5.74, 6) is -1.06. The number of Topliss-reactive ketones (excluding diaryl/α,β-unsaturated/α-hetero) is 1. The van der Waals surface area contributed by atoms with Crippen LogP contribution in [0.25, 0.3) is 0 Å². The lowest BCUT2D eigenvalue weighted by Crippen LogP contribution is -2.12. The Kier molecular flexibility index (Phi) is 3.20. The first-order valence-corrected chi connectivity index (χ1v) is 7.83. The van der Waals surface area contributed by atoms with E-state index < -0.39 is 11.7 Å². The predicted octanol–water partition coefficient (Wildman–Crippen LogP) is 3.50. The molecule has 1 aromatic heterocycles. The molecule has 0 saturated carbocycles. The largest absolute Gasteiger partial charge is 0.318 e. The number of carbonyl (C=O) groups excluding carboxylic acids is 2. The van der Waals surface area contributed by atoms with Crippen molar-refractivity contribution in [3.05, 3.63) is 33.2 Å². The van der Waals surface area contributed by atoms with Gasteiger partial charge in [0.25, 0.3) is 11.7 Å². The molecule has 0 unspecified atom stereocenters. The van der Waals surface area contributed by atoms with Crippen molar-refractivity contribution < 1.29 is 9.59 Å². The molecule has 1 aliphatic rings. The SMILES string of the molecule is Cc1csc(Sc2cc3c(cc2Br)C(=O)C(=O)N3)n1. The number of nitrogens with one attached hydrogen (secondary N) is 1. The monoisotopic (exact) mass is 354 g/mol. The second kappa shape index (κ2) is 4.73. The van der Waals surface area contributed by atoms with Crippen molar-refractivity contribution in [2.45, 2.75) is 16.2 Å². The van der Waals surface area contributed by atoms with Crippen molar-refractivity contribution in [2.24, 2.45) is 0 Å². The summed E-state index contributed by atoms with van der Waals surface area (Å²) in [7, 11) is 0. The van der Waals surface area contributed by atoms with E-state index in [1.165, 1.54) is 11.8 Å². The van der Waals surface area contributed by atoms with Crippen molar-refractivity contribution >= 4 is 56.4 Å². The number of fused-ring (bicyclic) bond motifs is 1. The van der Waals surface area contributed by atoms with Gasteiger partial charge in [0.1, 0.15) is 0 Å². The van der Waals surface area contributed by atoms with Crippen molar-refractivity contribution in [3.8, 4) is 0 Å². The number of ketones is 1. The molecule has 1 aliphatic heterocycles. The standard InChI is InChI=1S/C12H7BrN2O2S2/c1-5-4-18-12(14-5)19-9-3-8-6(2-7(9)13)10(16)11(17)15-8/h2-4H,1H3,(H,15,16,17). The summed E-state index contributed by atoms with van der Waals surface area (Å²) < 4.78 is 1.71. The summed E-state index contributed by atoms with van der Waals surface area (Å²) in [4.78, 5) is 28.2. The Balaban J connectivity index is 1.98. The molecule has 2 aromatic rings. The minimum Gasteiger partial charge on any atom is -0.318 e. The maximum absolute atomic E-state index is 11.6. The molecule has 3 rings (SSSR count). The first-order chi connectivity index (χ1) is 9.04. The Hall–Kier alpha value is -1.18. The molecule has 4 nitrogen and oxygen atoms in total. The fraction of sp³-hybridized carbons (Fsp3) is 0.0833. The van der Waals surface area contributed by atoms with E-state index in [1.807, 2.05) is 12.3 Å². The van der Waals surface area contributed by atoms with Gasteiger partial charge in [0.2, 0.25) is 0 Å². The third-order valence-corrected chi connectivity index (χ3v) is 5.60. The third kappa shape index (κ3) is 2.33. The highest BCUT2D eigenvalue weighted by molar-refractivity contribution is 9.10. The number of rotatable bonds is 2. The topological polar surface area (TPSA) is 59.1 Å². The van der Waals surface area contributed by atoms with Crippen molar-refractivity contribution in [1.29, 1.82) is 0 Å². The molecule has 19 heavy (non-hydrogen) atoms. The average Bonchev–Trinajstić information content (AvgIpc) is 2.87. The van der Waals surface area contributed by atoms with Crippen LogP contribution in [0.4, 0.5) is 5.69 Å². The molecular formula is C12H7BrN2O2S2. The highest BCUT2D eigenvalue weighted by atomic mass is 79.9. The number of hydrogen-bond acceptors (Lipinski definition) is 5. The summed E-state index contributed by atoms with van der Waals surface area (Å²) in [6.07, 6.45) is 0. The zero-order valence-corrected chi connectivity index (χ0v) is 12.9. The first kappa shape index (κ1) is 12.8. The summed E-state index contributed by atoms with van der Waals surface area (Å²) in [5, 5.41) is 4.55. The van der Waals surface area contributed by atoms with Gasteiger partial charge in [0, 0.05) is 20.4 Å². The van der Waals surface area contributed by atoms with Crippen LogP contribution in [0.2, 0.25) is 0 Å². The van der Waals surface area contributed by atoms with Crippen LogP contribution in [0, 0.1) is 6.92 Å².